The first-order valence-corrected chi connectivity index (χ1v) is 6.85. The molecule has 0 saturated carbocycles. The number of benzene rings is 1. The molecule has 0 aliphatic carbocycles. The fraction of sp³-hybridized carbons (Fsp3) is 0.333. The van der Waals surface area contributed by atoms with Crippen LogP contribution >= 0.6 is 0 Å². The number of halogens is 1. The maximum Gasteiger partial charge on any atom is 0.243 e. The van der Waals surface area contributed by atoms with E-state index in [1.807, 2.05) is 6.92 Å². The third kappa shape index (κ3) is 2.56. The molecule has 0 atom stereocenters. The summed E-state index contributed by atoms with van der Waals surface area (Å²) in [7, 11) is -3.56. The van der Waals surface area contributed by atoms with E-state index in [2.05, 4.69) is 0 Å². The Morgan fingerprint density at radius 2 is 1.88 bits per heavy atom. The molecule has 2 rings (SSSR count). The van der Waals surface area contributed by atoms with E-state index in [9.17, 15) is 12.8 Å². The molecule has 0 amide bonds. The van der Waals surface area contributed by atoms with E-state index in [1.54, 1.807) is 24.3 Å². The second-order valence-electron chi connectivity index (χ2n) is 4.09. The third-order valence-electron chi connectivity index (χ3n) is 2.73. The van der Waals surface area contributed by atoms with Crippen LogP contribution in [0.5, 0.6) is 0 Å². The van der Waals surface area contributed by atoms with Gasteiger partial charge in [0.2, 0.25) is 10.0 Å². The minimum atomic E-state index is -3.56. The van der Waals surface area contributed by atoms with Crippen LogP contribution < -0.4 is 0 Å². The van der Waals surface area contributed by atoms with Gasteiger partial charge in [0.25, 0.3) is 0 Å². The quantitative estimate of drug-likeness (QED) is 0.812. The van der Waals surface area contributed by atoms with Gasteiger partial charge in [-0.05, 0) is 25.5 Å². The smallest absolute Gasteiger partial charge is 0.211 e. The van der Waals surface area contributed by atoms with Crippen molar-refractivity contribution in [2.75, 3.05) is 13.1 Å². The summed E-state index contributed by atoms with van der Waals surface area (Å²) in [5, 5.41) is 0. The zero-order valence-corrected chi connectivity index (χ0v) is 10.4. The predicted octanol–water partition coefficient (Wildman–Crippen LogP) is 2.24. The molecule has 92 valence electrons. The molecule has 5 heteroatoms. The third-order valence-corrected chi connectivity index (χ3v) is 4.59. The minimum Gasteiger partial charge on any atom is -0.211 e. The van der Waals surface area contributed by atoms with E-state index in [0.717, 1.165) is 5.56 Å². The van der Waals surface area contributed by atoms with Gasteiger partial charge in [-0.25, -0.2) is 12.8 Å². The number of rotatable bonds is 2. The van der Waals surface area contributed by atoms with Gasteiger partial charge in [-0.1, -0.05) is 23.8 Å². The van der Waals surface area contributed by atoms with Crippen molar-refractivity contribution in [1.29, 1.82) is 0 Å². The standard InChI is InChI=1S/C12H14FNO2S/c1-10-4-6-12(7-5-10)17(15,16)14-8-2-3-11(13)9-14/h3-7H,2,8-9H2,1H3. The van der Waals surface area contributed by atoms with Crippen LogP contribution in [0.4, 0.5) is 4.39 Å². The Hall–Kier alpha value is -1.20. The maximum atomic E-state index is 13.1. The predicted molar refractivity (Wildman–Crippen MR) is 63.7 cm³/mol. The Morgan fingerprint density at radius 3 is 2.47 bits per heavy atom. The average Bonchev–Trinajstić information content (AvgIpc) is 2.29. The normalized spacial score (nSPS) is 17.9. The molecular formula is C12H14FNO2S. The highest BCUT2D eigenvalue weighted by Gasteiger charge is 2.26. The Balaban J connectivity index is 2.30. The van der Waals surface area contributed by atoms with Crippen LogP contribution in [0.25, 0.3) is 0 Å². The molecule has 1 aromatic carbocycles. The summed E-state index contributed by atoms with van der Waals surface area (Å²) in [6.45, 7) is 2.07. The maximum absolute atomic E-state index is 13.1. The van der Waals surface area contributed by atoms with Crippen molar-refractivity contribution >= 4 is 10.0 Å². The first-order chi connectivity index (χ1) is 8.00. The van der Waals surface area contributed by atoms with E-state index >= 15 is 0 Å². The molecule has 0 aromatic heterocycles. The van der Waals surface area contributed by atoms with Gasteiger partial charge >= 0.3 is 0 Å². The molecule has 1 heterocycles. The molecule has 1 aliphatic heterocycles. The number of hydrogen-bond acceptors (Lipinski definition) is 2. The average molecular weight is 255 g/mol. The number of hydrogen-bond donors (Lipinski definition) is 0. The fourth-order valence-electron chi connectivity index (χ4n) is 1.74. The zero-order chi connectivity index (χ0) is 12.5. The van der Waals surface area contributed by atoms with Gasteiger partial charge in [0.05, 0.1) is 11.4 Å². The highest BCUT2D eigenvalue weighted by Crippen LogP contribution is 2.21. The molecule has 0 unspecified atom stereocenters. The topological polar surface area (TPSA) is 37.4 Å². The van der Waals surface area contributed by atoms with Crippen molar-refractivity contribution in [3.8, 4) is 0 Å². The van der Waals surface area contributed by atoms with Gasteiger partial charge in [-0.3, -0.25) is 0 Å². The van der Waals surface area contributed by atoms with Crippen molar-refractivity contribution in [2.24, 2.45) is 0 Å². The van der Waals surface area contributed by atoms with Crippen molar-refractivity contribution < 1.29 is 12.8 Å². The molecule has 1 aromatic rings. The zero-order valence-electron chi connectivity index (χ0n) is 9.56. The van der Waals surface area contributed by atoms with Crippen LogP contribution in [0.2, 0.25) is 0 Å². The largest absolute Gasteiger partial charge is 0.243 e. The van der Waals surface area contributed by atoms with Crippen molar-refractivity contribution in [2.45, 2.75) is 18.2 Å². The van der Waals surface area contributed by atoms with Crippen LogP contribution in [0.15, 0.2) is 41.1 Å². The van der Waals surface area contributed by atoms with Gasteiger partial charge < -0.3 is 0 Å². The summed E-state index contributed by atoms with van der Waals surface area (Å²) in [4.78, 5) is 0.220. The number of sulfonamides is 1. The Labute approximate surface area is 101 Å². The second kappa shape index (κ2) is 4.58. The molecule has 0 radical (unpaired) electrons. The SMILES string of the molecule is Cc1ccc(S(=O)(=O)N2CCC=C(F)C2)cc1. The lowest BCUT2D eigenvalue weighted by molar-refractivity contribution is 0.388. The highest BCUT2D eigenvalue weighted by atomic mass is 32.2. The van der Waals surface area contributed by atoms with E-state index in [-0.39, 0.29) is 17.3 Å². The first kappa shape index (κ1) is 12.3. The molecule has 0 bridgehead atoms. The van der Waals surface area contributed by atoms with Crippen molar-refractivity contribution in [3.63, 3.8) is 0 Å². The Bertz CT molecular complexity index is 534. The summed E-state index contributed by atoms with van der Waals surface area (Å²) in [6.07, 6.45) is 1.86. The summed E-state index contributed by atoms with van der Waals surface area (Å²) in [5.74, 6) is -0.382. The summed E-state index contributed by atoms with van der Waals surface area (Å²) >= 11 is 0. The van der Waals surface area contributed by atoms with Gasteiger partial charge in [0.15, 0.2) is 0 Å². The van der Waals surface area contributed by atoms with Crippen LogP contribution in [0, 0.1) is 6.92 Å². The van der Waals surface area contributed by atoms with Gasteiger partial charge in [0.1, 0.15) is 5.83 Å². The molecular weight excluding hydrogens is 241 g/mol. The van der Waals surface area contributed by atoms with Crippen LogP contribution in [0.3, 0.4) is 0 Å². The monoisotopic (exact) mass is 255 g/mol. The summed E-state index contributed by atoms with van der Waals surface area (Å²) < 4.78 is 38.6. The lowest BCUT2D eigenvalue weighted by Crippen LogP contribution is -2.35. The van der Waals surface area contributed by atoms with Crippen LogP contribution in [-0.4, -0.2) is 25.8 Å². The molecule has 0 N–H and O–H groups in total. The van der Waals surface area contributed by atoms with E-state index in [0.29, 0.717) is 13.0 Å². The number of aryl methyl sites for hydroxylation is 1. The second-order valence-corrected chi connectivity index (χ2v) is 6.03. The lowest BCUT2D eigenvalue weighted by atomic mass is 10.2. The summed E-state index contributed by atoms with van der Waals surface area (Å²) in [5.41, 5.74) is 0.994. The lowest BCUT2D eigenvalue weighted by Gasteiger charge is -2.23. The fourth-order valence-corrected chi connectivity index (χ4v) is 3.16. The van der Waals surface area contributed by atoms with Crippen LogP contribution in [0.1, 0.15) is 12.0 Å². The van der Waals surface area contributed by atoms with Gasteiger partial charge in [0, 0.05) is 6.54 Å². The molecule has 0 fully saturated rings. The van der Waals surface area contributed by atoms with E-state index < -0.39 is 10.0 Å². The van der Waals surface area contributed by atoms with Crippen LogP contribution in [-0.2, 0) is 10.0 Å². The summed E-state index contributed by atoms with van der Waals surface area (Å²) in [6, 6.07) is 6.59. The Morgan fingerprint density at radius 1 is 1.24 bits per heavy atom. The van der Waals surface area contributed by atoms with Gasteiger partial charge in [-0.2, -0.15) is 4.31 Å². The minimum absolute atomic E-state index is 0.157. The Kier molecular flexibility index (Phi) is 3.31. The number of nitrogens with zero attached hydrogens (tertiary/aromatic N) is 1. The first-order valence-electron chi connectivity index (χ1n) is 5.41. The van der Waals surface area contributed by atoms with Gasteiger partial charge in [-0.15, -0.1) is 0 Å². The molecule has 0 spiro atoms. The van der Waals surface area contributed by atoms with Crippen molar-refractivity contribution in [3.05, 3.63) is 41.7 Å². The molecule has 3 nitrogen and oxygen atoms in total. The van der Waals surface area contributed by atoms with Crippen molar-refractivity contribution in [1.82, 2.24) is 4.31 Å². The molecule has 17 heavy (non-hydrogen) atoms. The van der Waals surface area contributed by atoms with E-state index in [4.69, 9.17) is 0 Å². The molecule has 0 saturated heterocycles. The van der Waals surface area contributed by atoms with E-state index in [1.165, 1.54) is 10.4 Å². The highest BCUT2D eigenvalue weighted by molar-refractivity contribution is 7.89. The molecule has 1 aliphatic rings.